The van der Waals surface area contributed by atoms with Gasteiger partial charge in [-0.1, -0.05) is 29.8 Å². The molecule has 2 heterocycles. The molecule has 0 bridgehead atoms. The molecule has 0 radical (unpaired) electrons. The molecule has 2 fully saturated rings. The number of pyridine rings is 1. The number of carbonyl (C=O) groups excluding carboxylic acids is 1. The molecule has 1 aliphatic heterocycles. The molecule has 1 N–H and O–H groups in total. The molecule has 4 nitrogen and oxygen atoms in total. The maximum atomic E-state index is 12.9. The van der Waals surface area contributed by atoms with E-state index in [9.17, 15) is 4.79 Å². The number of halogens is 2. The van der Waals surface area contributed by atoms with Gasteiger partial charge in [-0.05, 0) is 56.7 Å². The average molecular weight is 422 g/mol. The molecule has 1 aromatic carbocycles. The van der Waals surface area contributed by atoms with Crippen LogP contribution in [0.2, 0.25) is 0 Å². The summed E-state index contributed by atoms with van der Waals surface area (Å²) in [5.41, 5.74) is 4.01. The fourth-order valence-corrected chi connectivity index (χ4v) is 3.59. The van der Waals surface area contributed by atoms with E-state index in [1.807, 2.05) is 17.2 Å². The zero-order valence-electron chi connectivity index (χ0n) is 16.3. The van der Waals surface area contributed by atoms with Crippen molar-refractivity contribution >= 4 is 30.7 Å². The number of rotatable bonds is 5. The van der Waals surface area contributed by atoms with Gasteiger partial charge in [0.15, 0.2) is 0 Å². The average Bonchev–Trinajstić information content (AvgIpc) is 3.51. The summed E-state index contributed by atoms with van der Waals surface area (Å²) < 4.78 is 0. The van der Waals surface area contributed by atoms with Gasteiger partial charge < -0.3 is 10.2 Å². The number of aryl methyl sites for hydroxylation is 1. The van der Waals surface area contributed by atoms with E-state index in [1.54, 1.807) is 6.20 Å². The zero-order valence-corrected chi connectivity index (χ0v) is 17.9. The highest BCUT2D eigenvalue weighted by atomic mass is 35.5. The molecule has 0 unspecified atom stereocenters. The van der Waals surface area contributed by atoms with Gasteiger partial charge in [-0.2, -0.15) is 0 Å². The number of piperidine rings is 1. The van der Waals surface area contributed by atoms with Crippen LogP contribution in [0.3, 0.4) is 0 Å². The molecule has 2 aromatic rings. The van der Waals surface area contributed by atoms with Crippen LogP contribution in [0, 0.1) is 12.8 Å². The summed E-state index contributed by atoms with van der Waals surface area (Å²) in [6.07, 6.45) is 8.38. The Bertz CT molecular complexity index is 770. The second-order valence-electron chi connectivity index (χ2n) is 7.75. The Morgan fingerprint density at radius 2 is 1.71 bits per heavy atom. The molecule has 1 amide bonds. The maximum absolute atomic E-state index is 12.9. The number of nitrogens with zero attached hydrogens (tertiary/aromatic N) is 2. The van der Waals surface area contributed by atoms with Gasteiger partial charge in [0, 0.05) is 37.1 Å². The van der Waals surface area contributed by atoms with Gasteiger partial charge in [-0.15, -0.1) is 24.8 Å². The van der Waals surface area contributed by atoms with Gasteiger partial charge >= 0.3 is 0 Å². The van der Waals surface area contributed by atoms with Crippen LogP contribution in [0.15, 0.2) is 42.7 Å². The molecule has 152 valence electrons. The van der Waals surface area contributed by atoms with Crippen LogP contribution in [0.4, 0.5) is 0 Å². The largest absolute Gasteiger partial charge is 0.338 e. The Hall–Kier alpha value is -1.62. The summed E-state index contributed by atoms with van der Waals surface area (Å²) in [5, 5.41) is 3.67. The minimum Gasteiger partial charge on any atom is -0.338 e. The van der Waals surface area contributed by atoms with Crippen LogP contribution in [0.5, 0.6) is 0 Å². The third kappa shape index (κ3) is 5.69. The van der Waals surface area contributed by atoms with Crippen molar-refractivity contribution in [1.29, 1.82) is 0 Å². The molecule has 28 heavy (non-hydrogen) atoms. The van der Waals surface area contributed by atoms with Gasteiger partial charge in [0.25, 0.3) is 5.91 Å². The Morgan fingerprint density at radius 1 is 1.04 bits per heavy atom. The van der Waals surface area contributed by atoms with Crippen LogP contribution >= 0.6 is 24.8 Å². The van der Waals surface area contributed by atoms with Crippen LogP contribution in [0.25, 0.3) is 11.1 Å². The molecule has 1 aliphatic carbocycles. The van der Waals surface area contributed by atoms with Crippen molar-refractivity contribution in [2.75, 3.05) is 19.6 Å². The lowest BCUT2D eigenvalue weighted by Crippen LogP contribution is -2.45. The second-order valence-corrected chi connectivity index (χ2v) is 7.75. The molecule has 4 rings (SSSR count). The number of likely N-dealkylation sites (tertiary alicyclic amines) is 1. The molecule has 1 aromatic heterocycles. The van der Waals surface area contributed by atoms with E-state index in [0.717, 1.165) is 49.5 Å². The van der Waals surface area contributed by atoms with Gasteiger partial charge in [0.05, 0.1) is 5.56 Å². The number of benzene rings is 1. The minimum absolute atomic E-state index is 0. The molecule has 1 saturated carbocycles. The van der Waals surface area contributed by atoms with Crippen molar-refractivity contribution in [1.82, 2.24) is 15.2 Å². The molecule has 1 saturated heterocycles. The first-order valence-corrected chi connectivity index (χ1v) is 9.74. The van der Waals surface area contributed by atoms with E-state index in [4.69, 9.17) is 0 Å². The topological polar surface area (TPSA) is 45.2 Å². The fraction of sp³-hybridized carbons (Fsp3) is 0.455. The highest BCUT2D eigenvalue weighted by molar-refractivity contribution is 5.95. The summed E-state index contributed by atoms with van der Waals surface area (Å²) >= 11 is 0. The summed E-state index contributed by atoms with van der Waals surface area (Å²) in [6.45, 7) is 4.89. The van der Waals surface area contributed by atoms with Crippen LogP contribution in [-0.2, 0) is 0 Å². The third-order valence-electron chi connectivity index (χ3n) is 5.54. The van der Waals surface area contributed by atoms with Gasteiger partial charge in [-0.25, -0.2) is 0 Å². The predicted molar refractivity (Wildman–Crippen MR) is 119 cm³/mol. The van der Waals surface area contributed by atoms with Crippen molar-refractivity contribution in [2.24, 2.45) is 5.92 Å². The van der Waals surface area contributed by atoms with Gasteiger partial charge in [0.2, 0.25) is 0 Å². The van der Waals surface area contributed by atoms with Crippen molar-refractivity contribution in [3.8, 4) is 11.1 Å². The standard InChI is InChI=1S/C22H27N3O.2ClH/c1-16-2-6-18(7-3-16)19-12-20(15-23-14-19)22(26)25-10-8-21(9-11-25)24-13-17-4-5-17;;/h2-3,6-7,12,14-15,17,21,24H,4-5,8-11,13H2,1H3;2*1H. The maximum Gasteiger partial charge on any atom is 0.255 e. The number of hydrogen-bond acceptors (Lipinski definition) is 3. The summed E-state index contributed by atoms with van der Waals surface area (Å²) in [4.78, 5) is 19.2. The summed E-state index contributed by atoms with van der Waals surface area (Å²) in [6, 6.07) is 10.9. The highest BCUT2D eigenvalue weighted by Crippen LogP contribution is 2.28. The second kappa shape index (κ2) is 10.2. The number of carbonyl (C=O) groups is 1. The highest BCUT2D eigenvalue weighted by Gasteiger charge is 2.26. The first-order valence-electron chi connectivity index (χ1n) is 9.74. The summed E-state index contributed by atoms with van der Waals surface area (Å²) in [7, 11) is 0. The smallest absolute Gasteiger partial charge is 0.255 e. The number of hydrogen-bond donors (Lipinski definition) is 1. The van der Waals surface area contributed by atoms with Crippen LogP contribution in [0.1, 0.15) is 41.6 Å². The van der Waals surface area contributed by atoms with Crippen molar-refractivity contribution in [2.45, 2.75) is 38.6 Å². The lowest BCUT2D eigenvalue weighted by atomic mass is 10.0. The van der Waals surface area contributed by atoms with E-state index in [1.165, 1.54) is 18.4 Å². The van der Waals surface area contributed by atoms with Crippen LogP contribution < -0.4 is 5.32 Å². The normalized spacial score (nSPS) is 16.8. The Balaban J connectivity index is 0.00000140. The SMILES string of the molecule is Cc1ccc(-c2cncc(C(=O)N3CCC(NCC4CC4)CC3)c2)cc1.Cl.Cl. The Morgan fingerprint density at radius 3 is 2.36 bits per heavy atom. The number of amides is 1. The van der Waals surface area contributed by atoms with Crippen molar-refractivity contribution in [3.05, 3.63) is 53.9 Å². The fourth-order valence-electron chi connectivity index (χ4n) is 3.59. The molecule has 0 spiro atoms. The Labute approximate surface area is 179 Å². The molecular weight excluding hydrogens is 393 g/mol. The zero-order chi connectivity index (χ0) is 17.9. The van der Waals surface area contributed by atoms with E-state index in [-0.39, 0.29) is 30.7 Å². The monoisotopic (exact) mass is 421 g/mol. The molecular formula is C22H29Cl2N3O. The van der Waals surface area contributed by atoms with E-state index >= 15 is 0 Å². The number of nitrogens with one attached hydrogen (secondary N) is 1. The summed E-state index contributed by atoms with van der Waals surface area (Å²) in [5.74, 6) is 1.01. The van der Waals surface area contributed by atoms with E-state index in [0.29, 0.717) is 11.6 Å². The number of aromatic nitrogens is 1. The Kier molecular flexibility index (Phi) is 8.29. The first-order chi connectivity index (χ1) is 12.7. The molecule has 6 heteroatoms. The van der Waals surface area contributed by atoms with E-state index in [2.05, 4.69) is 41.5 Å². The minimum atomic E-state index is 0. The first kappa shape index (κ1) is 22.7. The van der Waals surface area contributed by atoms with Crippen LogP contribution in [-0.4, -0.2) is 41.5 Å². The van der Waals surface area contributed by atoms with Gasteiger partial charge in [-0.3, -0.25) is 9.78 Å². The lowest BCUT2D eigenvalue weighted by molar-refractivity contribution is 0.0704. The molecule has 2 aliphatic rings. The van der Waals surface area contributed by atoms with Crippen molar-refractivity contribution in [3.63, 3.8) is 0 Å². The lowest BCUT2D eigenvalue weighted by Gasteiger charge is -2.32. The van der Waals surface area contributed by atoms with Crippen molar-refractivity contribution < 1.29 is 4.79 Å². The molecule has 0 atom stereocenters. The third-order valence-corrected chi connectivity index (χ3v) is 5.54. The predicted octanol–water partition coefficient (Wildman–Crippen LogP) is 4.50. The quantitative estimate of drug-likeness (QED) is 0.772. The van der Waals surface area contributed by atoms with Gasteiger partial charge in [0.1, 0.15) is 0 Å². The van der Waals surface area contributed by atoms with E-state index < -0.39 is 0 Å².